The molecule has 5 nitrogen and oxygen atoms in total. The van der Waals surface area contributed by atoms with E-state index in [1.54, 1.807) is 11.0 Å². The van der Waals surface area contributed by atoms with Gasteiger partial charge in [0.05, 0.1) is 13.2 Å². The zero-order valence-corrected chi connectivity index (χ0v) is 11.6. The van der Waals surface area contributed by atoms with Crippen LogP contribution in [0.25, 0.3) is 0 Å². The fraction of sp³-hybridized carbons (Fsp3) is 0.571. The second-order valence-corrected chi connectivity index (χ2v) is 4.46. The number of carbonyl (C=O) groups is 1. The summed E-state index contributed by atoms with van der Waals surface area (Å²) in [4.78, 5) is 20.7. The molecule has 1 aliphatic rings. The van der Waals surface area contributed by atoms with Crippen LogP contribution in [0.4, 0.5) is 5.82 Å². The van der Waals surface area contributed by atoms with Crippen molar-refractivity contribution in [2.24, 2.45) is 0 Å². The molecule has 0 aromatic carbocycles. The molecule has 2 heterocycles. The van der Waals surface area contributed by atoms with Crippen molar-refractivity contribution in [2.75, 3.05) is 44.3 Å². The Morgan fingerprint density at radius 3 is 2.63 bits per heavy atom. The van der Waals surface area contributed by atoms with Gasteiger partial charge in [0.15, 0.2) is 0 Å². The maximum Gasteiger partial charge on any atom is 0.272 e. The van der Waals surface area contributed by atoms with E-state index in [4.69, 9.17) is 4.74 Å². The number of amides is 1. The molecule has 1 aromatic heterocycles. The lowest BCUT2D eigenvalue weighted by atomic mass is 10.3. The summed E-state index contributed by atoms with van der Waals surface area (Å²) < 4.78 is 5.33. The van der Waals surface area contributed by atoms with E-state index in [9.17, 15) is 4.79 Å². The smallest absolute Gasteiger partial charge is 0.272 e. The predicted octanol–water partition coefficient (Wildman–Crippen LogP) is 1.40. The molecule has 1 fully saturated rings. The summed E-state index contributed by atoms with van der Waals surface area (Å²) in [6.45, 7) is 8.47. The van der Waals surface area contributed by atoms with Crippen LogP contribution in [0.15, 0.2) is 18.2 Å². The number of ether oxygens (including phenoxy) is 1. The van der Waals surface area contributed by atoms with Crippen molar-refractivity contribution < 1.29 is 9.53 Å². The Kier molecular flexibility index (Phi) is 4.74. The van der Waals surface area contributed by atoms with Gasteiger partial charge in [-0.25, -0.2) is 4.98 Å². The molecule has 1 amide bonds. The summed E-state index contributed by atoms with van der Waals surface area (Å²) in [5.41, 5.74) is 0.521. The van der Waals surface area contributed by atoms with E-state index in [2.05, 4.69) is 9.88 Å². The van der Waals surface area contributed by atoms with Gasteiger partial charge in [0, 0.05) is 26.2 Å². The molecule has 0 saturated carbocycles. The number of hydrogen-bond acceptors (Lipinski definition) is 4. The van der Waals surface area contributed by atoms with E-state index in [0.717, 1.165) is 32.1 Å². The highest BCUT2D eigenvalue weighted by Gasteiger charge is 2.17. The van der Waals surface area contributed by atoms with E-state index in [1.165, 1.54) is 0 Å². The summed E-state index contributed by atoms with van der Waals surface area (Å²) >= 11 is 0. The maximum atomic E-state index is 12.3. The second kappa shape index (κ2) is 6.52. The topological polar surface area (TPSA) is 45.7 Å². The summed E-state index contributed by atoms with van der Waals surface area (Å²) in [6.07, 6.45) is 0. The van der Waals surface area contributed by atoms with E-state index < -0.39 is 0 Å². The first-order chi connectivity index (χ1) is 9.26. The van der Waals surface area contributed by atoms with Crippen LogP contribution in [0, 0.1) is 0 Å². The first-order valence-corrected chi connectivity index (χ1v) is 6.85. The highest BCUT2D eigenvalue weighted by molar-refractivity contribution is 5.92. The lowest BCUT2D eigenvalue weighted by Gasteiger charge is -2.28. The molecule has 2 rings (SSSR count). The van der Waals surface area contributed by atoms with Gasteiger partial charge in [-0.15, -0.1) is 0 Å². The third kappa shape index (κ3) is 3.23. The Labute approximate surface area is 114 Å². The minimum Gasteiger partial charge on any atom is -0.378 e. The standard InChI is InChI=1S/C14H21N3O2/c1-3-16(4-2)14(18)12-6-5-7-13(15-12)17-8-10-19-11-9-17/h5-7H,3-4,8-11H2,1-2H3. The average molecular weight is 263 g/mol. The van der Waals surface area contributed by atoms with E-state index in [0.29, 0.717) is 18.8 Å². The van der Waals surface area contributed by atoms with E-state index in [1.807, 2.05) is 26.0 Å². The first kappa shape index (κ1) is 13.8. The van der Waals surface area contributed by atoms with E-state index >= 15 is 0 Å². The lowest BCUT2D eigenvalue weighted by molar-refractivity contribution is 0.0767. The van der Waals surface area contributed by atoms with Gasteiger partial charge in [0.25, 0.3) is 5.91 Å². The molecule has 0 N–H and O–H groups in total. The number of anilines is 1. The highest BCUT2D eigenvalue weighted by atomic mass is 16.5. The molecule has 1 aromatic rings. The number of rotatable bonds is 4. The number of hydrogen-bond donors (Lipinski definition) is 0. The SMILES string of the molecule is CCN(CC)C(=O)c1cccc(N2CCOCC2)n1. The van der Waals surface area contributed by atoms with Crippen LogP contribution < -0.4 is 4.90 Å². The van der Waals surface area contributed by atoms with Gasteiger partial charge in [-0.2, -0.15) is 0 Å². The molecule has 0 bridgehead atoms. The molecule has 0 atom stereocenters. The Bertz CT molecular complexity index is 426. The Morgan fingerprint density at radius 2 is 2.00 bits per heavy atom. The van der Waals surface area contributed by atoms with Crippen LogP contribution in [-0.4, -0.2) is 55.2 Å². The number of pyridine rings is 1. The van der Waals surface area contributed by atoms with Gasteiger partial charge in [-0.3, -0.25) is 4.79 Å². The second-order valence-electron chi connectivity index (χ2n) is 4.46. The zero-order valence-electron chi connectivity index (χ0n) is 11.6. The minimum atomic E-state index is 0.000101. The molecule has 1 saturated heterocycles. The highest BCUT2D eigenvalue weighted by Crippen LogP contribution is 2.14. The van der Waals surface area contributed by atoms with Crippen molar-refractivity contribution in [3.05, 3.63) is 23.9 Å². The average Bonchev–Trinajstić information content (AvgIpc) is 2.49. The molecule has 1 aliphatic heterocycles. The molecule has 104 valence electrons. The van der Waals surface area contributed by atoms with Gasteiger partial charge >= 0.3 is 0 Å². The van der Waals surface area contributed by atoms with Crippen LogP contribution in [0.3, 0.4) is 0 Å². The molecular formula is C14H21N3O2. The largest absolute Gasteiger partial charge is 0.378 e. The van der Waals surface area contributed by atoms with Crippen molar-refractivity contribution in [1.29, 1.82) is 0 Å². The number of aromatic nitrogens is 1. The number of nitrogens with zero attached hydrogens (tertiary/aromatic N) is 3. The summed E-state index contributed by atoms with van der Waals surface area (Å²) in [7, 11) is 0. The molecule has 0 radical (unpaired) electrons. The van der Waals surface area contributed by atoms with Crippen molar-refractivity contribution in [3.8, 4) is 0 Å². The summed E-state index contributed by atoms with van der Waals surface area (Å²) in [5, 5.41) is 0. The van der Waals surface area contributed by atoms with Crippen molar-refractivity contribution in [3.63, 3.8) is 0 Å². The molecule has 5 heteroatoms. The minimum absolute atomic E-state index is 0.000101. The molecule has 0 unspecified atom stereocenters. The molecular weight excluding hydrogens is 242 g/mol. The normalized spacial score (nSPS) is 15.4. The van der Waals surface area contributed by atoms with Crippen LogP contribution in [-0.2, 0) is 4.74 Å². The van der Waals surface area contributed by atoms with Crippen molar-refractivity contribution >= 4 is 11.7 Å². The van der Waals surface area contributed by atoms with Crippen molar-refractivity contribution in [1.82, 2.24) is 9.88 Å². The molecule has 0 spiro atoms. The predicted molar refractivity (Wildman–Crippen MR) is 74.5 cm³/mol. The lowest BCUT2D eigenvalue weighted by Crippen LogP contribution is -2.37. The number of carbonyl (C=O) groups excluding carboxylic acids is 1. The van der Waals surface area contributed by atoms with Crippen LogP contribution >= 0.6 is 0 Å². The van der Waals surface area contributed by atoms with Gasteiger partial charge < -0.3 is 14.5 Å². The summed E-state index contributed by atoms with van der Waals surface area (Å²) in [6, 6.07) is 5.63. The van der Waals surface area contributed by atoms with Crippen LogP contribution in [0.2, 0.25) is 0 Å². The van der Waals surface area contributed by atoms with Gasteiger partial charge in [-0.1, -0.05) is 6.07 Å². The van der Waals surface area contributed by atoms with Crippen LogP contribution in [0.5, 0.6) is 0 Å². The van der Waals surface area contributed by atoms with Gasteiger partial charge in [-0.05, 0) is 26.0 Å². The monoisotopic (exact) mass is 263 g/mol. The fourth-order valence-corrected chi connectivity index (χ4v) is 2.18. The Hall–Kier alpha value is -1.62. The molecule has 19 heavy (non-hydrogen) atoms. The number of morpholine rings is 1. The fourth-order valence-electron chi connectivity index (χ4n) is 2.18. The third-order valence-electron chi connectivity index (χ3n) is 3.34. The van der Waals surface area contributed by atoms with Crippen molar-refractivity contribution in [2.45, 2.75) is 13.8 Å². The third-order valence-corrected chi connectivity index (χ3v) is 3.34. The first-order valence-electron chi connectivity index (χ1n) is 6.85. The Morgan fingerprint density at radius 1 is 1.32 bits per heavy atom. The summed E-state index contributed by atoms with van der Waals surface area (Å²) in [5.74, 6) is 0.862. The zero-order chi connectivity index (χ0) is 13.7. The van der Waals surface area contributed by atoms with Gasteiger partial charge in [0.1, 0.15) is 11.5 Å². The van der Waals surface area contributed by atoms with E-state index in [-0.39, 0.29) is 5.91 Å². The van der Waals surface area contributed by atoms with Gasteiger partial charge in [0.2, 0.25) is 0 Å². The maximum absolute atomic E-state index is 12.3. The van der Waals surface area contributed by atoms with Crippen LogP contribution in [0.1, 0.15) is 24.3 Å². The Balaban J connectivity index is 2.16. The molecule has 0 aliphatic carbocycles. The quantitative estimate of drug-likeness (QED) is 0.824.